The van der Waals surface area contributed by atoms with Crippen molar-refractivity contribution < 1.29 is 45.8 Å². The maximum absolute atomic E-state index is 12.8. The Kier molecular flexibility index (Phi) is 12.4. The zero-order valence-corrected chi connectivity index (χ0v) is 33.0. The van der Waals surface area contributed by atoms with Crippen molar-refractivity contribution in [2.24, 2.45) is 0 Å². The van der Waals surface area contributed by atoms with Gasteiger partial charge in [0.05, 0.1) is 47.8 Å². The zero-order valence-electron chi connectivity index (χ0n) is 33.0. The van der Waals surface area contributed by atoms with Crippen molar-refractivity contribution in [3.05, 3.63) is 94.8 Å². The highest BCUT2D eigenvalue weighted by Gasteiger charge is 2.45. The van der Waals surface area contributed by atoms with Crippen LogP contribution in [0.1, 0.15) is 75.3 Å². The second-order valence-corrected chi connectivity index (χ2v) is 14.3. The number of ketones is 1. The maximum atomic E-state index is 12.8. The molecule has 0 radical (unpaired) electrons. The first-order valence-corrected chi connectivity index (χ1v) is 18.7. The first kappa shape index (κ1) is 43.7. The molecule has 0 spiro atoms. The normalized spacial score (nSPS) is 13.2. The van der Waals surface area contributed by atoms with Gasteiger partial charge in [0, 0.05) is 55.7 Å². The van der Waals surface area contributed by atoms with Crippen LogP contribution < -0.4 is 10.6 Å². The number of carbonyl (C=O) groups excluding carboxylic acids is 1. The standard InChI is InChI=1S/C24H23F3N4O2.C19H15F3N4O2/c1-4-17-14-31-19(13-29-22(31)21(30-17)28-10-9-24(25,26)27)16-5-6-18(15(2)11-16)20(32)12-23(33-3)7-8-23;1-3-13-10-26-15(12-4-5-14(18(27)28)11(2)8-12)9-24-17(26)16(25-13)23-7-6-19(20,21)22/h1,5-6,11,13-14H,7-10,12H2,2-3H3,(H,28,30);1,4-5,8-10H,6-7H2,2H3,(H,23,25)(H,27,28). The Morgan fingerprint density at radius 1 is 0.787 bits per heavy atom. The molecule has 7 rings (SSSR count). The summed E-state index contributed by atoms with van der Waals surface area (Å²) < 4.78 is 83.6. The van der Waals surface area contributed by atoms with Gasteiger partial charge in [-0.25, -0.2) is 24.7 Å². The van der Waals surface area contributed by atoms with Gasteiger partial charge in [-0.1, -0.05) is 18.2 Å². The van der Waals surface area contributed by atoms with Crippen molar-refractivity contribution in [2.45, 2.75) is 63.9 Å². The Morgan fingerprint density at radius 3 is 1.59 bits per heavy atom. The number of Topliss-reactive ketones (excluding diaryl/α,β-unsaturated/α-hetero) is 1. The van der Waals surface area contributed by atoms with Gasteiger partial charge in [-0.15, -0.1) is 12.8 Å². The van der Waals surface area contributed by atoms with E-state index in [-0.39, 0.29) is 53.1 Å². The van der Waals surface area contributed by atoms with Gasteiger partial charge < -0.3 is 20.5 Å². The van der Waals surface area contributed by atoms with Gasteiger partial charge >= 0.3 is 18.3 Å². The summed E-state index contributed by atoms with van der Waals surface area (Å²) in [5.74, 6) is 4.12. The number of alkyl halides is 6. The van der Waals surface area contributed by atoms with E-state index in [1.807, 2.05) is 19.1 Å². The lowest BCUT2D eigenvalue weighted by molar-refractivity contribution is -0.132. The molecule has 4 aromatic heterocycles. The molecule has 1 aliphatic carbocycles. The summed E-state index contributed by atoms with van der Waals surface area (Å²) in [6.07, 6.45) is 8.74. The van der Waals surface area contributed by atoms with Crippen LogP contribution in [0.3, 0.4) is 0 Å². The van der Waals surface area contributed by atoms with Gasteiger partial charge in [0.2, 0.25) is 0 Å². The number of fused-ring (bicyclic) bond motifs is 2. The van der Waals surface area contributed by atoms with E-state index in [1.165, 1.54) is 12.3 Å². The molecule has 0 atom stereocenters. The highest BCUT2D eigenvalue weighted by atomic mass is 19.4. The van der Waals surface area contributed by atoms with Gasteiger partial charge in [-0.05, 0) is 67.9 Å². The molecule has 1 fully saturated rings. The molecule has 2 aromatic carbocycles. The molecule has 3 N–H and O–H groups in total. The van der Waals surface area contributed by atoms with E-state index in [4.69, 9.17) is 22.7 Å². The number of hydrogen-bond acceptors (Lipinski definition) is 9. The van der Waals surface area contributed by atoms with Crippen LogP contribution in [0.25, 0.3) is 33.8 Å². The molecular formula is C43H38F6N8O4. The average molecular weight is 845 g/mol. The molecule has 1 aliphatic rings. The largest absolute Gasteiger partial charge is 0.478 e. The number of carbonyl (C=O) groups is 2. The van der Waals surface area contributed by atoms with Crippen LogP contribution in [0.4, 0.5) is 38.0 Å². The lowest BCUT2D eigenvalue weighted by Gasteiger charge is -2.14. The quantitative estimate of drug-likeness (QED) is 0.0587. The molecular weight excluding hydrogens is 807 g/mol. The van der Waals surface area contributed by atoms with Gasteiger partial charge in [-0.2, -0.15) is 26.3 Å². The topological polar surface area (TPSA) is 148 Å². The van der Waals surface area contributed by atoms with Gasteiger partial charge in [0.1, 0.15) is 11.4 Å². The number of terminal acetylenes is 2. The number of carboxylic acids is 1. The number of anilines is 2. The van der Waals surface area contributed by atoms with Crippen LogP contribution in [-0.4, -0.2) is 83.7 Å². The molecule has 12 nitrogen and oxygen atoms in total. The molecule has 316 valence electrons. The Labute approximate surface area is 345 Å². The number of imidazole rings is 2. The van der Waals surface area contributed by atoms with E-state index < -0.39 is 31.2 Å². The highest BCUT2D eigenvalue weighted by molar-refractivity contribution is 5.99. The van der Waals surface area contributed by atoms with Crippen LogP contribution in [0.2, 0.25) is 0 Å². The van der Waals surface area contributed by atoms with Crippen LogP contribution in [0.5, 0.6) is 0 Å². The number of halogens is 6. The summed E-state index contributed by atoms with van der Waals surface area (Å²) in [5, 5.41) is 14.5. The van der Waals surface area contributed by atoms with Crippen LogP contribution >= 0.6 is 0 Å². The Hall–Kier alpha value is -6.92. The number of ether oxygens (including phenoxy) is 1. The molecule has 0 aliphatic heterocycles. The second-order valence-electron chi connectivity index (χ2n) is 14.3. The van der Waals surface area contributed by atoms with E-state index in [0.29, 0.717) is 45.8 Å². The molecule has 0 saturated heterocycles. The fourth-order valence-electron chi connectivity index (χ4n) is 6.60. The van der Waals surface area contributed by atoms with E-state index in [9.17, 15) is 35.9 Å². The van der Waals surface area contributed by atoms with Crippen molar-refractivity contribution in [1.29, 1.82) is 0 Å². The number of methoxy groups -OCH3 is 1. The third-order valence-electron chi connectivity index (χ3n) is 9.98. The van der Waals surface area contributed by atoms with Gasteiger partial charge in [-0.3, -0.25) is 13.6 Å². The van der Waals surface area contributed by atoms with Crippen molar-refractivity contribution in [3.8, 4) is 47.2 Å². The summed E-state index contributed by atoms with van der Waals surface area (Å²) in [5.41, 5.74) is 5.79. The predicted octanol–water partition coefficient (Wildman–Crippen LogP) is 8.55. The average Bonchev–Trinajstić information content (AvgIpc) is 3.61. The van der Waals surface area contributed by atoms with Crippen molar-refractivity contribution in [1.82, 2.24) is 28.7 Å². The van der Waals surface area contributed by atoms with Crippen LogP contribution in [-0.2, 0) is 4.74 Å². The molecule has 0 bridgehead atoms. The van der Waals surface area contributed by atoms with Crippen molar-refractivity contribution in [2.75, 3.05) is 30.8 Å². The fourth-order valence-corrected chi connectivity index (χ4v) is 6.60. The first-order valence-electron chi connectivity index (χ1n) is 18.7. The molecule has 6 aromatic rings. The number of aromatic nitrogens is 6. The number of nitrogens with one attached hydrogen (secondary N) is 2. The molecule has 4 heterocycles. The molecule has 0 unspecified atom stereocenters. The summed E-state index contributed by atoms with van der Waals surface area (Å²) in [6.45, 7) is 2.83. The van der Waals surface area contributed by atoms with E-state index in [2.05, 4.69) is 42.4 Å². The SMILES string of the molecule is C#Cc1cn2c(-c3ccc(C(=O)CC4(OC)CC4)c(C)c3)cnc2c(NCCC(F)(F)F)n1.C#Cc1cn2c(-c3ccc(C(=O)O)c(C)c3)cnc2c(NCCC(F)(F)F)n1. The fraction of sp³-hybridized carbons (Fsp3) is 0.302. The summed E-state index contributed by atoms with van der Waals surface area (Å²) in [7, 11) is 1.63. The highest BCUT2D eigenvalue weighted by Crippen LogP contribution is 2.43. The second kappa shape index (κ2) is 17.4. The number of aryl methyl sites for hydroxylation is 2. The monoisotopic (exact) mass is 844 g/mol. The first-order chi connectivity index (χ1) is 28.8. The third kappa shape index (κ3) is 10.3. The smallest absolute Gasteiger partial charge is 0.390 e. The molecule has 18 heteroatoms. The minimum Gasteiger partial charge on any atom is -0.478 e. The molecule has 1 saturated carbocycles. The van der Waals surface area contributed by atoms with E-state index in [0.717, 1.165) is 24.0 Å². The van der Waals surface area contributed by atoms with Gasteiger partial charge in [0.15, 0.2) is 28.7 Å². The van der Waals surface area contributed by atoms with E-state index >= 15 is 0 Å². The number of benzene rings is 2. The third-order valence-corrected chi connectivity index (χ3v) is 9.98. The maximum Gasteiger partial charge on any atom is 0.390 e. The summed E-state index contributed by atoms with van der Waals surface area (Å²) in [6, 6.07) is 10.3. The minimum atomic E-state index is -4.29. The lowest BCUT2D eigenvalue weighted by atomic mass is 9.97. The van der Waals surface area contributed by atoms with Crippen molar-refractivity contribution in [3.63, 3.8) is 0 Å². The number of hydrogen-bond donors (Lipinski definition) is 3. The van der Waals surface area contributed by atoms with Crippen LogP contribution in [0.15, 0.2) is 61.2 Å². The zero-order chi connectivity index (χ0) is 44.3. The number of nitrogens with zero attached hydrogens (tertiary/aromatic N) is 6. The summed E-state index contributed by atoms with van der Waals surface area (Å²) in [4.78, 5) is 40.9. The Balaban J connectivity index is 0.000000207. The molecule has 0 amide bonds. The molecule has 61 heavy (non-hydrogen) atoms. The minimum absolute atomic E-state index is 0.0338. The van der Waals surface area contributed by atoms with Crippen molar-refractivity contribution >= 4 is 34.7 Å². The van der Waals surface area contributed by atoms with E-state index in [1.54, 1.807) is 59.6 Å². The summed E-state index contributed by atoms with van der Waals surface area (Å²) >= 11 is 0. The lowest BCUT2D eigenvalue weighted by Crippen LogP contribution is -2.18. The van der Waals surface area contributed by atoms with Gasteiger partial charge in [0.25, 0.3) is 0 Å². The predicted molar refractivity (Wildman–Crippen MR) is 215 cm³/mol. The Bertz CT molecular complexity index is 2720. The number of aromatic carboxylic acids is 1. The number of rotatable bonds is 13. The van der Waals surface area contributed by atoms with Crippen LogP contribution in [0, 0.1) is 38.5 Å². The number of carboxylic acid groups (broad SMARTS) is 1. The Morgan fingerprint density at radius 2 is 1.23 bits per heavy atom.